The molecule has 2 fully saturated rings. The molecular weight excluding hydrogens is 284 g/mol. The fourth-order valence-electron chi connectivity index (χ4n) is 2.61. The topological polar surface area (TPSA) is 107 Å². The molecule has 8 heteroatoms. The first-order valence-corrected chi connectivity index (χ1v) is 8.41. The van der Waals surface area contributed by atoms with Gasteiger partial charge in [-0.2, -0.15) is 12.7 Å². The summed E-state index contributed by atoms with van der Waals surface area (Å²) in [7, 11) is -3.54. The van der Waals surface area contributed by atoms with E-state index in [4.69, 9.17) is 10.2 Å². The molecule has 0 unspecified atom stereocenters. The second-order valence-corrected chi connectivity index (χ2v) is 7.57. The summed E-state index contributed by atoms with van der Waals surface area (Å²) in [6, 6.07) is 0. The molecule has 0 aromatic rings. The first-order valence-electron chi connectivity index (χ1n) is 6.97. The fraction of sp³-hybridized carbons (Fsp3) is 0.917. The van der Waals surface area contributed by atoms with Crippen LogP contribution in [0.5, 0.6) is 0 Å². The highest BCUT2D eigenvalue weighted by atomic mass is 32.2. The van der Waals surface area contributed by atoms with Crippen LogP contribution < -0.4 is 4.72 Å². The largest absolute Gasteiger partial charge is 0.481 e. The minimum Gasteiger partial charge on any atom is -0.481 e. The third kappa shape index (κ3) is 3.69. The molecule has 0 radical (unpaired) electrons. The van der Waals surface area contributed by atoms with E-state index in [1.165, 1.54) is 4.31 Å². The average Bonchev–Trinajstić information content (AvgIpc) is 3.18. The number of hydrogen-bond acceptors (Lipinski definition) is 4. The summed E-state index contributed by atoms with van der Waals surface area (Å²) in [5.74, 6) is -1.29. The molecule has 20 heavy (non-hydrogen) atoms. The zero-order valence-electron chi connectivity index (χ0n) is 11.4. The molecule has 0 spiro atoms. The zero-order chi connectivity index (χ0) is 14.8. The molecule has 0 amide bonds. The van der Waals surface area contributed by atoms with Crippen molar-refractivity contribution in [3.63, 3.8) is 0 Å². The summed E-state index contributed by atoms with van der Waals surface area (Å²) in [4.78, 5) is 10.8. The van der Waals surface area contributed by atoms with E-state index in [9.17, 15) is 13.2 Å². The second-order valence-electron chi connectivity index (χ2n) is 5.81. The van der Waals surface area contributed by atoms with Crippen LogP contribution in [0.25, 0.3) is 0 Å². The minimum atomic E-state index is -3.54. The van der Waals surface area contributed by atoms with Gasteiger partial charge in [0, 0.05) is 26.2 Å². The van der Waals surface area contributed by atoms with E-state index in [1.54, 1.807) is 0 Å². The molecule has 1 aliphatic heterocycles. The Morgan fingerprint density at radius 3 is 2.35 bits per heavy atom. The van der Waals surface area contributed by atoms with Crippen molar-refractivity contribution in [2.45, 2.75) is 32.1 Å². The molecule has 2 aliphatic rings. The third-order valence-electron chi connectivity index (χ3n) is 4.37. The lowest BCUT2D eigenvalue weighted by Crippen LogP contribution is -2.47. The van der Waals surface area contributed by atoms with Crippen molar-refractivity contribution < 1.29 is 23.4 Å². The van der Waals surface area contributed by atoms with Crippen LogP contribution in [0.3, 0.4) is 0 Å². The van der Waals surface area contributed by atoms with Crippen molar-refractivity contribution >= 4 is 16.2 Å². The van der Waals surface area contributed by atoms with E-state index in [-0.39, 0.29) is 25.1 Å². The van der Waals surface area contributed by atoms with Gasteiger partial charge in [0.05, 0.1) is 5.92 Å². The Morgan fingerprint density at radius 1 is 1.30 bits per heavy atom. The number of piperidine rings is 1. The van der Waals surface area contributed by atoms with Crippen molar-refractivity contribution in [1.29, 1.82) is 0 Å². The van der Waals surface area contributed by atoms with E-state index < -0.39 is 22.1 Å². The van der Waals surface area contributed by atoms with Crippen LogP contribution in [-0.4, -0.2) is 55.1 Å². The van der Waals surface area contributed by atoms with Crippen molar-refractivity contribution in [3.05, 3.63) is 0 Å². The highest BCUT2D eigenvalue weighted by molar-refractivity contribution is 7.87. The van der Waals surface area contributed by atoms with Crippen LogP contribution in [0.2, 0.25) is 0 Å². The quantitative estimate of drug-likeness (QED) is 0.603. The Balaban J connectivity index is 1.84. The Hall–Kier alpha value is -0.700. The molecule has 1 heterocycles. The van der Waals surface area contributed by atoms with Crippen molar-refractivity contribution in [2.24, 2.45) is 11.3 Å². The van der Waals surface area contributed by atoms with Gasteiger partial charge in [0.15, 0.2) is 0 Å². The van der Waals surface area contributed by atoms with Crippen LogP contribution in [-0.2, 0) is 15.0 Å². The van der Waals surface area contributed by atoms with Crippen molar-refractivity contribution in [3.8, 4) is 0 Å². The molecule has 2 rings (SSSR count). The number of aliphatic carboxylic acids is 1. The first-order chi connectivity index (χ1) is 9.38. The molecule has 1 saturated heterocycles. The van der Waals surface area contributed by atoms with Gasteiger partial charge in [-0.05, 0) is 37.5 Å². The SMILES string of the molecule is O=C(O)C1CCN(S(=O)(=O)NCC2(CCO)CC2)CC1. The Labute approximate surface area is 119 Å². The Kier molecular flexibility index (Phi) is 4.68. The van der Waals surface area contributed by atoms with Gasteiger partial charge < -0.3 is 10.2 Å². The number of nitrogens with zero attached hydrogens (tertiary/aromatic N) is 1. The number of nitrogens with one attached hydrogen (secondary N) is 1. The number of carboxylic acids is 1. The molecule has 3 N–H and O–H groups in total. The minimum absolute atomic E-state index is 0.0682. The Morgan fingerprint density at radius 2 is 1.90 bits per heavy atom. The molecule has 1 saturated carbocycles. The lowest BCUT2D eigenvalue weighted by atomic mass is 9.99. The number of rotatable bonds is 7. The summed E-state index contributed by atoms with van der Waals surface area (Å²) < 4.78 is 28.2. The van der Waals surface area contributed by atoms with E-state index in [1.807, 2.05) is 0 Å². The van der Waals surface area contributed by atoms with E-state index in [2.05, 4.69) is 4.72 Å². The van der Waals surface area contributed by atoms with Crippen molar-refractivity contribution in [2.75, 3.05) is 26.2 Å². The number of carbonyl (C=O) groups is 1. The lowest BCUT2D eigenvalue weighted by molar-refractivity contribution is -0.142. The molecule has 1 aliphatic carbocycles. The molecular formula is C12H22N2O5S. The molecule has 7 nitrogen and oxygen atoms in total. The molecule has 116 valence electrons. The normalized spacial score (nSPS) is 23.6. The summed E-state index contributed by atoms with van der Waals surface area (Å²) in [6.45, 7) is 0.930. The van der Waals surface area contributed by atoms with E-state index in [0.29, 0.717) is 25.8 Å². The van der Waals surface area contributed by atoms with Gasteiger partial charge in [-0.3, -0.25) is 4.79 Å². The summed E-state index contributed by atoms with van der Waals surface area (Å²) in [5, 5.41) is 17.9. The maximum absolute atomic E-state index is 12.1. The Bertz CT molecular complexity index is 452. The van der Waals surface area contributed by atoms with Crippen LogP contribution in [0.4, 0.5) is 0 Å². The molecule has 0 aromatic heterocycles. The summed E-state index contributed by atoms with van der Waals surface area (Å²) >= 11 is 0. The number of aliphatic hydroxyl groups excluding tert-OH is 1. The number of aliphatic hydroxyl groups is 1. The first kappa shape index (κ1) is 15.7. The zero-order valence-corrected chi connectivity index (χ0v) is 12.2. The highest BCUT2D eigenvalue weighted by Crippen LogP contribution is 2.48. The predicted molar refractivity (Wildman–Crippen MR) is 72.2 cm³/mol. The standard InChI is InChI=1S/C12H22N2O5S/c15-8-5-12(3-4-12)9-13-20(18,19)14-6-1-10(2-7-14)11(16)17/h10,13,15H,1-9H2,(H,16,17). The van der Waals surface area contributed by atoms with Gasteiger partial charge in [0.1, 0.15) is 0 Å². The van der Waals surface area contributed by atoms with Gasteiger partial charge in [-0.1, -0.05) is 0 Å². The summed E-state index contributed by atoms with van der Waals surface area (Å²) in [5.41, 5.74) is -0.0682. The van der Waals surface area contributed by atoms with Crippen LogP contribution >= 0.6 is 0 Å². The van der Waals surface area contributed by atoms with Crippen LogP contribution in [0.1, 0.15) is 32.1 Å². The van der Waals surface area contributed by atoms with Gasteiger partial charge in [0.25, 0.3) is 10.2 Å². The van der Waals surface area contributed by atoms with Gasteiger partial charge in [-0.15, -0.1) is 0 Å². The molecule has 0 bridgehead atoms. The number of hydrogen-bond donors (Lipinski definition) is 3. The van der Waals surface area contributed by atoms with E-state index in [0.717, 1.165) is 12.8 Å². The van der Waals surface area contributed by atoms with E-state index >= 15 is 0 Å². The molecule has 0 aromatic carbocycles. The fourth-order valence-corrected chi connectivity index (χ4v) is 3.97. The average molecular weight is 306 g/mol. The third-order valence-corrected chi connectivity index (χ3v) is 5.93. The second kappa shape index (κ2) is 5.97. The molecule has 0 atom stereocenters. The van der Waals surface area contributed by atoms with Gasteiger partial charge in [-0.25, -0.2) is 4.72 Å². The maximum Gasteiger partial charge on any atom is 0.306 e. The van der Waals surface area contributed by atoms with Gasteiger partial charge in [0.2, 0.25) is 0 Å². The van der Waals surface area contributed by atoms with Crippen molar-refractivity contribution in [1.82, 2.24) is 9.03 Å². The lowest BCUT2D eigenvalue weighted by Gasteiger charge is -2.29. The highest BCUT2D eigenvalue weighted by Gasteiger charge is 2.43. The predicted octanol–water partition coefficient (Wildman–Crippen LogP) is -0.220. The number of carboxylic acid groups (broad SMARTS) is 1. The summed E-state index contributed by atoms with van der Waals surface area (Å²) in [6.07, 6.45) is 3.22. The monoisotopic (exact) mass is 306 g/mol. The smallest absolute Gasteiger partial charge is 0.306 e. The maximum atomic E-state index is 12.1. The van der Waals surface area contributed by atoms with Crippen LogP contribution in [0, 0.1) is 11.3 Å². The van der Waals surface area contributed by atoms with Crippen LogP contribution in [0.15, 0.2) is 0 Å². The van der Waals surface area contributed by atoms with Gasteiger partial charge >= 0.3 is 5.97 Å².